The van der Waals surface area contributed by atoms with E-state index in [9.17, 15) is 9.90 Å². The molecule has 1 atom stereocenters. The standard InChI is InChI=1S/C25H26O4/c1-4-19-8-5-6-9-22(19)23-11-7-10-21(17(2)26)24(23)29-16-18-12-14-20(15-13-18)25(27)28-3/h5-15,17,26H,4,16H2,1-3H3. The van der Waals surface area contributed by atoms with Gasteiger partial charge < -0.3 is 14.6 Å². The lowest BCUT2D eigenvalue weighted by atomic mass is 9.94. The van der Waals surface area contributed by atoms with E-state index in [1.54, 1.807) is 19.1 Å². The third-order valence-corrected chi connectivity index (χ3v) is 4.94. The highest BCUT2D eigenvalue weighted by molar-refractivity contribution is 5.89. The predicted octanol–water partition coefficient (Wildman–Crippen LogP) is 5.33. The molecule has 0 radical (unpaired) electrons. The molecule has 3 rings (SSSR count). The van der Waals surface area contributed by atoms with Crippen LogP contribution in [0.2, 0.25) is 0 Å². The summed E-state index contributed by atoms with van der Waals surface area (Å²) in [5.74, 6) is 0.316. The lowest BCUT2D eigenvalue weighted by Crippen LogP contribution is -2.04. The number of aliphatic hydroxyl groups excluding tert-OH is 1. The Kier molecular flexibility index (Phi) is 6.68. The first kappa shape index (κ1) is 20.6. The van der Waals surface area contributed by atoms with E-state index in [1.807, 2.05) is 42.5 Å². The van der Waals surface area contributed by atoms with Crippen LogP contribution in [0.3, 0.4) is 0 Å². The van der Waals surface area contributed by atoms with E-state index in [4.69, 9.17) is 9.47 Å². The molecule has 4 nitrogen and oxygen atoms in total. The van der Waals surface area contributed by atoms with Crippen LogP contribution in [0.5, 0.6) is 5.75 Å². The zero-order valence-corrected chi connectivity index (χ0v) is 17.0. The van der Waals surface area contributed by atoms with E-state index in [0.29, 0.717) is 17.9 Å². The summed E-state index contributed by atoms with van der Waals surface area (Å²) in [6.07, 6.45) is 0.254. The summed E-state index contributed by atoms with van der Waals surface area (Å²) in [6.45, 7) is 4.19. The molecule has 0 aliphatic rings. The van der Waals surface area contributed by atoms with Gasteiger partial charge >= 0.3 is 5.97 Å². The fourth-order valence-electron chi connectivity index (χ4n) is 3.36. The van der Waals surface area contributed by atoms with E-state index < -0.39 is 6.10 Å². The van der Waals surface area contributed by atoms with Gasteiger partial charge in [0.05, 0.1) is 18.8 Å². The van der Waals surface area contributed by atoms with E-state index >= 15 is 0 Å². The normalized spacial score (nSPS) is 11.7. The zero-order chi connectivity index (χ0) is 20.8. The monoisotopic (exact) mass is 390 g/mol. The first-order chi connectivity index (χ1) is 14.0. The largest absolute Gasteiger partial charge is 0.488 e. The maximum absolute atomic E-state index is 11.6. The predicted molar refractivity (Wildman–Crippen MR) is 114 cm³/mol. The van der Waals surface area contributed by atoms with E-state index in [2.05, 4.69) is 19.1 Å². The summed E-state index contributed by atoms with van der Waals surface area (Å²) in [7, 11) is 1.36. The Labute approximate surface area is 171 Å². The first-order valence-corrected chi connectivity index (χ1v) is 9.74. The minimum Gasteiger partial charge on any atom is -0.488 e. The van der Waals surface area contributed by atoms with Crippen LogP contribution < -0.4 is 4.74 Å². The van der Waals surface area contributed by atoms with E-state index in [-0.39, 0.29) is 5.97 Å². The van der Waals surface area contributed by atoms with Gasteiger partial charge in [-0.25, -0.2) is 4.79 Å². The maximum Gasteiger partial charge on any atom is 0.337 e. The van der Waals surface area contributed by atoms with Crippen LogP contribution >= 0.6 is 0 Å². The zero-order valence-electron chi connectivity index (χ0n) is 17.0. The molecule has 0 bridgehead atoms. The molecule has 1 unspecified atom stereocenters. The second-order valence-electron chi connectivity index (χ2n) is 6.89. The second-order valence-corrected chi connectivity index (χ2v) is 6.89. The molecule has 0 aliphatic heterocycles. The molecule has 150 valence electrons. The van der Waals surface area contributed by atoms with Crippen LogP contribution in [0.15, 0.2) is 66.7 Å². The molecule has 0 spiro atoms. The summed E-state index contributed by atoms with van der Waals surface area (Å²) in [4.78, 5) is 11.6. The van der Waals surface area contributed by atoms with E-state index in [1.165, 1.54) is 12.7 Å². The highest BCUT2D eigenvalue weighted by Gasteiger charge is 2.17. The Hall–Kier alpha value is -3.11. The van der Waals surface area contributed by atoms with Gasteiger partial charge in [-0.2, -0.15) is 0 Å². The molecular formula is C25H26O4. The Morgan fingerprint density at radius 3 is 2.31 bits per heavy atom. The molecule has 0 aliphatic carbocycles. The molecule has 0 saturated carbocycles. The fourth-order valence-corrected chi connectivity index (χ4v) is 3.36. The highest BCUT2D eigenvalue weighted by atomic mass is 16.5. The van der Waals surface area contributed by atoms with Gasteiger partial charge in [0.1, 0.15) is 12.4 Å². The van der Waals surface area contributed by atoms with Crippen LogP contribution in [0, 0.1) is 0 Å². The van der Waals surface area contributed by atoms with Gasteiger partial charge in [0.2, 0.25) is 0 Å². The van der Waals surface area contributed by atoms with Gasteiger partial charge in [-0.3, -0.25) is 0 Å². The average molecular weight is 390 g/mol. The van der Waals surface area contributed by atoms with Crippen LogP contribution in [-0.2, 0) is 17.8 Å². The first-order valence-electron chi connectivity index (χ1n) is 9.74. The SMILES string of the molecule is CCc1ccccc1-c1cccc(C(C)O)c1OCc1ccc(C(=O)OC)cc1. The quantitative estimate of drug-likeness (QED) is 0.554. The van der Waals surface area contributed by atoms with Crippen molar-refractivity contribution in [3.05, 3.63) is 89.0 Å². The summed E-state index contributed by atoms with van der Waals surface area (Å²) in [5, 5.41) is 10.3. The van der Waals surface area contributed by atoms with Crippen LogP contribution in [0.4, 0.5) is 0 Å². The number of rotatable bonds is 7. The number of methoxy groups -OCH3 is 1. The van der Waals surface area contributed by atoms with Crippen molar-refractivity contribution in [3.8, 4) is 16.9 Å². The van der Waals surface area contributed by atoms with Crippen molar-refractivity contribution in [2.45, 2.75) is 33.0 Å². The molecule has 0 heterocycles. The molecule has 3 aromatic rings. The van der Waals surface area contributed by atoms with Crippen molar-refractivity contribution >= 4 is 5.97 Å². The summed E-state index contributed by atoms with van der Waals surface area (Å²) < 4.78 is 11.0. The number of hydrogen-bond donors (Lipinski definition) is 1. The molecule has 0 aromatic heterocycles. The molecule has 1 N–H and O–H groups in total. The van der Waals surface area contributed by atoms with Crippen LogP contribution in [-0.4, -0.2) is 18.2 Å². The van der Waals surface area contributed by atoms with Crippen molar-refractivity contribution in [1.29, 1.82) is 0 Å². The molecule has 0 saturated heterocycles. The second kappa shape index (κ2) is 9.39. The topological polar surface area (TPSA) is 55.8 Å². The average Bonchev–Trinajstić information content (AvgIpc) is 2.77. The number of aryl methyl sites for hydroxylation is 1. The number of benzene rings is 3. The molecular weight excluding hydrogens is 364 g/mol. The molecule has 3 aromatic carbocycles. The lowest BCUT2D eigenvalue weighted by Gasteiger charge is -2.19. The van der Waals surface area contributed by atoms with E-state index in [0.717, 1.165) is 28.7 Å². The highest BCUT2D eigenvalue weighted by Crippen LogP contribution is 2.38. The molecule has 0 fully saturated rings. The van der Waals surface area contributed by atoms with Crippen LogP contribution in [0.25, 0.3) is 11.1 Å². The van der Waals surface area contributed by atoms with Crippen LogP contribution in [0.1, 0.15) is 47.0 Å². The number of ether oxygens (including phenoxy) is 2. The van der Waals surface area contributed by atoms with Gasteiger partial charge in [-0.1, -0.05) is 61.5 Å². The number of para-hydroxylation sites is 1. The Balaban J connectivity index is 1.94. The van der Waals surface area contributed by atoms with Crippen molar-refractivity contribution in [2.24, 2.45) is 0 Å². The molecule has 0 amide bonds. The number of hydrogen-bond acceptors (Lipinski definition) is 4. The smallest absolute Gasteiger partial charge is 0.337 e. The Morgan fingerprint density at radius 2 is 1.66 bits per heavy atom. The fraction of sp³-hybridized carbons (Fsp3) is 0.240. The van der Waals surface area contributed by atoms with Gasteiger partial charge in [0.15, 0.2) is 0 Å². The number of carbonyl (C=O) groups is 1. The third kappa shape index (κ3) is 4.66. The number of esters is 1. The van der Waals surface area contributed by atoms with Gasteiger partial charge in [-0.15, -0.1) is 0 Å². The maximum atomic E-state index is 11.6. The van der Waals surface area contributed by atoms with Crippen molar-refractivity contribution < 1.29 is 19.4 Å². The number of carbonyl (C=O) groups excluding carboxylic acids is 1. The van der Waals surface area contributed by atoms with Crippen molar-refractivity contribution in [1.82, 2.24) is 0 Å². The summed E-state index contributed by atoms with van der Waals surface area (Å²) >= 11 is 0. The lowest BCUT2D eigenvalue weighted by molar-refractivity contribution is 0.0600. The van der Waals surface area contributed by atoms with Gasteiger partial charge in [-0.05, 0) is 42.2 Å². The van der Waals surface area contributed by atoms with Crippen molar-refractivity contribution in [3.63, 3.8) is 0 Å². The molecule has 29 heavy (non-hydrogen) atoms. The van der Waals surface area contributed by atoms with Gasteiger partial charge in [0.25, 0.3) is 0 Å². The minimum absolute atomic E-state index is 0.326. The summed E-state index contributed by atoms with van der Waals surface area (Å²) in [5.41, 5.74) is 5.47. The van der Waals surface area contributed by atoms with Gasteiger partial charge in [0, 0.05) is 11.1 Å². The Bertz CT molecular complexity index is 974. The molecule has 4 heteroatoms. The van der Waals surface area contributed by atoms with Crippen molar-refractivity contribution in [2.75, 3.05) is 7.11 Å². The minimum atomic E-state index is -0.652. The third-order valence-electron chi connectivity index (χ3n) is 4.94. The number of aliphatic hydroxyl groups is 1. The Morgan fingerprint density at radius 1 is 0.966 bits per heavy atom. The summed E-state index contributed by atoms with van der Waals surface area (Å²) in [6, 6.07) is 21.2.